The number of carbonyl (C=O) groups is 1. The van der Waals surface area contributed by atoms with Gasteiger partial charge in [-0.3, -0.25) is 9.69 Å². The lowest BCUT2D eigenvalue weighted by Crippen LogP contribution is -2.27. The molecule has 0 N–H and O–H groups in total. The smallest absolute Gasteiger partial charge is 0.268 e. The zero-order chi connectivity index (χ0) is 17.4. The van der Waals surface area contributed by atoms with E-state index >= 15 is 0 Å². The molecule has 0 atom stereocenters. The molecule has 5 heteroatoms. The summed E-state index contributed by atoms with van der Waals surface area (Å²) < 4.78 is 0.543. The topological polar surface area (TPSA) is 20.3 Å². The van der Waals surface area contributed by atoms with Crippen LogP contribution in [-0.4, -0.2) is 10.2 Å². The van der Waals surface area contributed by atoms with Crippen LogP contribution >= 0.6 is 35.6 Å². The summed E-state index contributed by atoms with van der Waals surface area (Å²) in [5.74, 6) is -0.0960. The number of thioether (sulfide) groups is 1. The zero-order valence-corrected chi connectivity index (χ0v) is 15.4. The molecule has 4 rings (SSSR count). The summed E-state index contributed by atoms with van der Waals surface area (Å²) in [5, 5.41) is 2.75. The van der Waals surface area contributed by atoms with Gasteiger partial charge in [-0.05, 0) is 35.2 Å². The van der Waals surface area contributed by atoms with Gasteiger partial charge in [0.25, 0.3) is 5.91 Å². The molecule has 3 aromatic rings. The van der Waals surface area contributed by atoms with Crippen molar-refractivity contribution in [1.29, 1.82) is 0 Å². The van der Waals surface area contributed by atoms with Crippen LogP contribution in [0.4, 0.5) is 5.69 Å². The number of carbonyl (C=O) groups excluding carboxylic acids is 1. The molecule has 0 bridgehead atoms. The van der Waals surface area contributed by atoms with Gasteiger partial charge in [-0.2, -0.15) is 0 Å². The Hall–Kier alpha value is -2.14. The quantitative estimate of drug-likeness (QED) is 0.407. The zero-order valence-electron chi connectivity index (χ0n) is 13.0. The normalized spacial score (nSPS) is 16.2. The third-order valence-electron chi connectivity index (χ3n) is 3.97. The minimum atomic E-state index is -0.0960. The van der Waals surface area contributed by atoms with E-state index in [2.05, 4.69) is 0 Å². The average Bonchev–Trinajstić information content (AvgIpc) is 2.90. The van der Waals surface area contributed by atoms with E-state index in [0.29, 0.717) is 14.2 Å². The molecule has 2 nitrogen and oxygen atoms in total. The summed E-state index contributed by atoms with van der Waals surface area (Å²) in [5.41, 5.74) is 1.74. The third kappa shape index (κ3) is 3.09. The number of hydrogen-bond donors (Lipinski definition) is 0. The van der Waals surface area contributed by atoms with Crippen LogP contribution in [0.1, 0.15) is 5.56 Å². The maximum absolute atomic E-state index is 13.0. The third-order valence-corrected chi connectivity index (χ3v) is 5.52. The van der Waals surface area contributed by atoms with E-state index < -0.39 is 0 Å². The number of rotatable bonds is 2. The predicted octanol–water partition coefficient (Wildman–Crippen LogP) is 5.90. The number of halogens is 1. The van der Waals surface area contributed by atoms with Crippen LogP contribution in [0.3, 0.4) is 0 Å². The molecule has 0 radical (unpaired) electrons. The van der Waals surface area contributed by atoms with Crippen molar-refractivity contribution in [2.45, 2.75) is 0 Å². The van der Waals surface area contributed by atoms with Gasteiger partial charge in [-0.25, -0.2) is 0 Å². The maximum atomic E-state index is 13.0. The molecule has 0 aromatic heterocycles. The Labute approximate surface area is 160 Å². The van der Waals surface area contributed by atoms with E-state index in [0.717, 1.165) is 22.0 Å². The molecule has 0 unspecified atom stereocenters. The number of amides is 1. The van der Waals surface area contributed by atoms with Crippen molar-refractivity contribution in [3.05, 3.63) is 82.2 Å². The van der Waals surface area contributed by atoms with Crippen molar-refractivity contribution in [2.75, 3.05) is 4.90 Å². The van der Waals surface area contributed by atoms with E-state index in [-0.39, 0.29) is 5.91 Å². The molecule has 122 valence electrons. The molecule has 0 saturated carbocycles. The number of anilines is 1. The Bertz CT molecular complexity index is 1020. The summed E-state index contributed by atoms with van der Waals surface area (Å²) in [6.07, 6.45) is 1.85. The first-order valence-electron chi connectivity index (χ1n) is 7.65. The van der Waals surface area contributed by atoms with Gasteiger partial charge in [0, 0.05) is 10.4 Å². The molecule has 1 aliphatic heterocycles. The first-order chi connectivity index (χ1) is 12.1. The highest BCUT2D eigenvalue weighted by Crippen LogP contribution is 2.38. The fraction of sp³-hybridized carbons (Fsp3) is 0. The van der Waals surface area contributed by atoms with Gasteiger partial charge >= 0.3 is 0 Å². The van der Waals surface area contributed by atoms with Gasteiger partial charge in [-0.1, -0.05) is 84.1 Å². The van der Waals surface area contributed by atoms with Crippen LogP contribution < -0.4 is 4.90 Å². The first-order valence-corrected chi connectivity index (χ1v) is 9.25. The molecule has 25 heavy (non-hydrogen) atoms. The Kier molecular flexibility index (Phi) is 4.34. The molecule has 0 aliphatic carbocycles. The lowest BCUT2D eigenvalue weighted by molar-refractivity contribution is -0.113. The monoisotopic (exact) mass is 381 g/mol. The number of benzene rings is 3. The van der Waals surface area contributed by atoms with Crippen LogP contribution in [0.5, 0.6) is 0 Å². The standard InChI is InChI=1S/C20H12ClNOS2/c21-15-10-8-13(9-11-15)12-18-19(23)22(20(24)25-18)17-7-3-5-14-4-1-2-6-16(14)17/h1-12H/b18-12-. The summed E-state index contributed by atoms with van der Waals surface area (Å²) >= 11 is 12.7. The van der Waals surface area contributed by atoms with Crippen LogP contribution in [0.2, 0.25) is 5.02 Å². The molecular formula is C20H12ClNOS2. The van der Waals surface area contributed by atoms with Gasteiger partial charge in [0.15, 0.2) is 4.32 Å². The Balaban J connectivity index is 1.75. The van der Waals surface area contributed by atoms with Crippen molar-refractivity contribution in [1.82, 2.24) is 0 Å². The number of hydrogen-bond acceptors (Lipinski definition) is 3. The minimum Gasteiger partial charge on any atom is -0.268 e. The fourth-order valence-electron chi connectivity index (χ4n) is 2.79. The fourth-order valence-corrected chi connectivity index (χ4v) is 4.20. The first kappa shape index (κ1) is 16.3. The van der Waals surface area contributed by atoms with Crippen molar-refractivity contribution < 1.29 is 4.79 Å². The molecule has 1 aliphatic rings. The van der Waals surface area contributed by atoms with Crippen LogP contribution in [0, 0.1) is 0 Å². The molecule has 0 spiro atoms. The Morgan fingerprint density at radius 1 is 0.960 bits per heavy atom. The number of nitrogens with zero attached hydrogens (tertiary/aromatic N) is 1. The lowest BCUT2D eigenvalue weighted by atomic mass is 10.1. The van der Waals surface area contributed by atoms with Crippen LogP contribution in [0.15, 0.2) is 71.6 Å². The van der Waals surface area contributed by atoms with E-state index in [1.165, 1.54) is 11.8 Å². The van der Waals surface area contributed by atoms with Crippen LogP contribution in [0.25, 0.3) is 16.8 Å². The second-order valence-corrected chi connectivity index (χ2v) is 7.68. The number of fused-ring (bicyclic) bond motifs is 1. The minimum absolute atomic E-state index is 0.0960. The lowest BCUT2D eigenvalue weighted by Gasteiger charge is -2.17. The van der Waals surface area contributed by atoms with Crippen LogP contribution in [-0.2, 0) is 4.79 Å². The van der Waals surface area contributed by atoms with Crippen molar-refractivity contribution in [3.8, 4) is 0 Å². The second-order valence-electron chi connectivity index (χ2n) is 5.57. The molecule has 1 saturated heterocycles. The summed E-state index contributed by atoms with van der Waals surface area (Å²) in [6, 6.07) is 21.3. The Morgan fingerprint density at radius 3 is 2.48 bits per heavy atom. The van der Waals surface area contributed by atoms with Gasteiger partial charge in [0.05, 0.1) is 10.6 Å². The van der Waals surface area contributed by atoms with E-state index in [1.807, 2.05) is 60.7 Å². The van der Waals surface area contributed by atoms with E-state index in [1.54, 1.807) is 17.0 Å². The molecule has 1 heterocycles. The highest BCUT2D eigenvalue weighted by Gasteiger charge is 2.34. The average molecular weight is 382 g/mol. The summed E-state index contributed by atoms with van der Waals surface area (Å²) in [6.45, 7) is 0. The van der Waals surface area contributed by atoms with Gasteiger partial charge in [0.2, 0.25) is 0 Å². The summed E-state index contributed by atoms with van der Waals surface area (Å²) in [4.78, 5) is 15.2. The Morgan fingerprint density at radius 2 is 1.68 bits per heavy atom. The highest BCUT2D eigenvalue weighted by atomic mass is 35.5. The molecule has 1 fully saturated rings. The summed E-state index contributed by atoms with van der Waals surface area (Å²) in [7, 11) is 0. The number of thiocarbonyl (C=S) groups is 1. The maximum Gasteiger partial charge on any atom is 0.270 e. The van der Waals surface area contributed by atoms with E-state index in [4.69, 9.17) is 23.8 Å². The van der Waals surface area contributed by atoms with Gasteiger partial charge in [0.1, 0.15) is 0 Å². The molecular weight excluding hydrogens is 370 g/mol. The van der Waals surface area contributed by atoms with Crippen molar-refractivity contribution in [2.24, 2.45) is 0 Å². The predicted molar refractivity (Wildman–Crippen MR) is 111 cm³/mol. The molecule has 1 amide bonds. The van der Waals surface area contributed by atoms with Gasteiger partial charge in [-0.15, -0.1) is 0 Å². The SMILES string of the molecule is O=C1/C(=C/c2ccc(Cl)cc2)SC(=S)N1c1cccc2ccccc12. The van der Waals surface area contributed by atoms with Crippen molar-refractivity contribution >= 4 is 68.3 Å². The largest absolute Gasteiger partial charge is 0.270 e. The molecule has 3 aromatic carbocycles. The van der Waals surface area contributed by atoms with Crippen molar-refractivity contribution in [3.63, 3.8) is 0 Å². The second kappa shape index (κ2) is 6.64. The van der Waals surface area contributed by atoms with Gasteiger partial charge < -0.3 is 0 Å². The highest BCUT2D eigenvalue weighted by molar-refractivity contribution is 8.27. The van der Waals surface area contributed by atoms with E-state index in [9.17, 15) is 4.79 Å².